The van der Waals surface area contributed by atoms with Gasteiger partial charge in [0.15, 0.2) is 0 Å². The highest BCUT2D eigenvalue weighted by atomic mass is 35.5. The molecule has 1 heterocycles. The first-order valence-corrected chi connectivity index (χ1v) is 8.67. The first kappa shape index (κ1) is 17.3. The van der Waals surface area contributed by atoms with Crippen molar-refractivity contribution in [1.82, 2.24) is 14.7 Å². The average Bonchev–Trinajstić information content (AvgIpc) is 3.37. The second-order valence-electron chi connectivity index (χ2n) is 6.31. The van der Waals surface area contributed by atoms with E-state index >= 15 is 0 Å². The zero-order valence-electron chi connectivity index (χ0n) is 13.7. The first-order chi connectivity index (χ1) is 11.5. The Morgan fingerprint density at radius 3 is 2.54 bits per heavy atom. The fraction of sp³-hybridized carbons (Fsp3) is 0.412. The van der Waals surface area contributed by atoms with Crippen molar-refractivity contribution < 1.29 is 0 Å². The number of aromatic nitrogens is 2. The average molecular weight is 367 g/mol. The van der Waals surface area contributed by atoms with E-state index in [1.807, 2.05) is 0 Å². The van der Waals surface area contributed by atoms with Gasteiger partial charge in [0.05, 0.1) is 17.6 Å². The first-order valence-electron chi connectivity index (χ1n) is 7.91. The maximum absolute atomic E-state index is 12.5. The lowest BCUT2D eigenvalue weighted by Gasteiger charge is -2.25. The van der Waals surface area contributed by atoms with Crippen molar-refractivity contribution in [3.8, 4) is 5.69 Å². The van der Waals surface area contributed by atoms with E-state index in [2.05, 4.69) is 29.4 Å². The second kappa shape index (κ2) is 7.13. The number of likely N-dealkylation sites (N-methyl/N-ethyl adjacent to an activating group) is 1. The van der Waals surface area contributed by atoms with E-state index in [0.29, 0.717) is 28.4 Å². The molecule has 0 amide bonds. The van der Waals surface area contributed by atoms with E-state index in [1.54, 1.807) is 30.5 Å². The third-order valence-corrected chi connectivity index (χ3v) is 4.94. The Morgan fingerprint density at radius 2 is 1.96 bits per heavy atom. The summed E-state index contributed by atoms with van der Waals surface area (Å²) < 4.78 is 1.27. The van der Waals surface area contributed by atoms with Crippen LogP contribution in [0.4, 0.5) is 5.69 Å². The van der Waals surface area contributed by atoms with Crippen LogP contribution in [0.5, 0.6) is 0 Å². The Morgan fingerprint density at radius 1 is 1.29 bits per heavy atom. The summed E-state index contributed by atoms with van der Waals surface area (Å²) in [5.74, 6) is 0.716. The monoisotopic (exact) mass is 366 g/mol. The Balaban J connectivity index is 1.79. The number of anilines is 1. The molecule has 1 atom stereocenters. The van der Waals surface area contributed by atoms with E-state index in [9.17, 15) is 4.79 Å². The lowest BCUT2D eigenvalue weighted by atomic mass is 10.1. The zero-order valence-corrected chi connectivity index (χ0v) is 15.2. The maximum Gasteiger partial charge on any atom is 0.292 e. The number of hydrogen-bond acceptors (Lipinski definition) is 4. The van der Waals surface area contributed by atoms with Gasteiger partial charge in [-0.1, -0.05) is 23.2 Å². The summed E-state index contributed by atoms with van der Waals surface area (Å²) in [5.41, 5.74) is 0.846. The molecule has 2 aromatic rings. The van der Waals surface area contributed by atoms with Crippen molar-refractivity contribution in [2.45, 2.75) is 18.9 Å². The second-order valence-corrected chi connectivity index (χ2v) is 7.13. The third-order valence-electron chi connectivity index (χ3n) is 4.32. The Hall–Kier alpha value is -1.56. The van der Waals surface area contributed by atoms with Crippen LogP contribution in [0.2, 0.25) is 10.0 Å². The fourth-order valence-electron chi connectivity index (χ4n) is 2.79. The summed E-state index contributed by atoms with van der Waals surface area (Å²) in [5, 5.41) is 8.25. The van der Waals surface area contributed by atoms with Crippen LogP contribution in [0.1, 0.15) is 12.8 Å². The molecule has 1 N–H and O–H groups in total. The quantitative estimate of drug-likeness (QED) is 0.851. The van der Waals surface area contributed by atoms with E-state index < -0.39 is 0 Å². The molecule has 1 fully saturated rings. The van der Waals surface area contributed by atoms with Crippen molar-refractivity contribution >= 4 is 28.9 Å². The third kappa shape index (κ3) is 3.74. The smallest absolute Gasteiger partial charge is 0.292 e. The van der Waals surface area contributed by atoms with Gasteiger partial charge in [-0.25, -0.2) is 0 Å². The predicted molar refractivity (Wildman–Crippen MR) is 98.5 cm³/mol. The highest BCUT2D eigenvalue weighted by Gasteiger charge is 2.32. The summed E-state index contributed by atoms with van der Waals surface area (Å²) >= 11 is 12.1. The molecular weight excluding hydrogens is 347 g/mol. The fourth-order valence-corrected chi connectivity index (χ4v) is 3.11. The molecule has 1 aromatic heterocycles. The molecule has 0 saturated heterocycles. The molecule has 128 valence electrons. The van der Waals surface area contributed by atoms with Crippen LogP contribution in [0.15, 0.2) is 35.3 Å². The Labute approximate surface area is 151 Å². The Bertz CT molecular complexity index is 767. The standard InChI is InChI=1S/C17H20Cl2N4O/c1-22(2)15(11-3-4-11)10-20-14-9-21-23(17(24)16(14)19)13-7-5-12(18)6-8-13/h5-9,11,15,20H,3-4,10H2,1-2H3. The number of rotatable bonds is 6. The van der Waals surface area contributed by atoms with Crippen LogP contribution in [0, 0.1) is 5.92 Å². The lowest BCUT2D eigenvalue weighted by Crippen LogP contribution is -2.36. The van der Waals surface area contributed by atoms with Crippen LogP contribution in [0.25, 0.3) is 5.69 Å². The Kier molecular flexibility index (Phi) is 5.13. The zero-order chi connectivity index (χ0) is 17.3. The van der Waals surface area contributed by atoms with Crippen LogP contribution < -0.4 is 10.9 Å². The van der Waals surface area contributed by atoms with Crippen LogP contribution >= 0.6 is 23.2 Å². The number of nitrogens with one attached hydrogen (secondary N) is 1. The molecule has 1 aliphatic carbocycles. The van der Waals surface area contributed by atoms with Gasteiger partial charge in [0.1, 0.15) is 5.02 Å². The van der Waals surface area contributed by atoms with Gasteiger partial charge in [-0.2, -0.15) is 9.78 Å². The van der Waals surface area contributed by atoms with Gasteiger partial charge in [0.2, 0.25) is 0 Å². The largest absolute Gasteiger partial charge is 0.381 e. The van der Waals surface area contributed by atoms with E-state index in [0.717, 1.165) is 6.54 Å². The number of benzene rings is 1. The molecule has 0 radical (unpaired) electrons. The van der Waals surface area contributed by atoms with Crippen LogP contribution in [0.3, 0.4) is 0 Å². The molecule has 5 nitrogen and oxygen atoms in total. The number of hydrogen-bond donors (Lipinski definition) is 1. The van der Waals surface area contributed by atoms with Gasteiger partial charge < -0.3 is 10.2 Å². The molecule has 1 aromatic carbocycles. The lowest BCUT2D eigenvalue weighted by molar-refractivity contribution is 0.276. The molecule has 3 rings (SSSR count). The molecule has 1 saturated carbocycles. The summed E-state index contributed by atoms with van der Waals surface area (Å²) in [6, 6.07) is 7.31. The maximum atomic E-state index is 12.5. The molecule has 0 aliphatic heterocycles. The molecular formula is C17H20Cl2N4O. The topological polar surface area (TPSA) is 50.2 Å². The summed E-state index contributed by atoms with van der Waals surface area (Å²) in [6.45, 7) is 0.740. The predicted octanol–water partition coefficient (Wildman–Crippen LogP) is 3.29. The van der Waals surface area contributed by atoms with Crippen LogP contribution in [-0.4, -0.2) is 41.4 Å². The normalized spacial score (nSPS) is 15.5. The summed E-state index contributed by atoms with van der Waals surface area (Å²) in [4.78, 5) is 14.7. The molecule has 1 aliphatic rings. The van der Waals surface area contributed by atoms with Crippen molar-refractivity contribution in [1.29, 1.82) is 0 Å². The van der Waals surface area contributed by atoms with Gasteiger partial charge in [-0.05, 0) is 57.1 Å². The molecule has 0 bridgehead atoms. The van der Waals surface area contributed by atoms with Gasteiger partial charge >= 0.3 is 0 Å². The highest BCUT2D eigenvalue weighted by Crippen LogP contribution is 2.34. The molecule has 7 heteroatoms. The van der Waals surface area contributed by atoms with Crippen molar-refractivity contribution in [3.05, 3.63) is 50.9 Å². The molecule has 24 heavy (non-hydrogen) atoms. The van der Waals surface area contributed by atoms with E-state index in [-0.39, 0.29) is 10.6 Å². The molecule has 1 unspecified atom stereocenters. The van der Waals surface area contributed by atoms with Gasteiger partial charge in [-0.3, -0.25) is 4.79 Å². The summed E-state index contributed by atoms with van der Waals surface area (Å²) in [6.07, 6.45) is 4.11. The van der Waals surface area contributed by atoms with Gasteiger partial charge in [0, 0.05) is 17.6 Å². The number of nitrogens with zero attached hydrogens (tertiary/aromatic N) is 3. The minimum absolute atomic E-state index is 0.147. The van der Waals surface area contributed by atoms with Gasteiger partial charge in [-0.15, -0.1) is 0 Å². The highest BCUT2D eigenvalue weighted by molar-refractivity contribution is 6.33. The van der Waals surface area contributed by atoms with Crippen LogP contribution in [-0.2, 0) is 0 Å². The summed E-state index contributed by atoms with van der Waals surface area (Å²) in [7, 11) is 4.14. The molecule has 0 spiro atoms. The minimum Gasteiger partial charge on any atom is -0.381 e. The SMILES string of the molecule is CN(C)C(CNc1cnn(-c2ccc(Cl)cc2)c(=O)c1Cl)C1CC1. The van der Waals surface area contributed by atoms with E-state index in [1.165, 1.54) is 17.5 Å². The number of halogens is 2. The van der Waals surface area contributed by atoms with Gasteiger partial charge in [0.25, 0.3) is 5.56 Å². The van der Waals surface area contributed by atoms with Crippen molar-refractivity contribution in [2.75, 3.05) is 26.0 Å². The van der Waals surface area contributed by atoms with Crippen molar-refractivity contribution in [2.24, 2.45) is 5.92 Å². The minimum atomic E-state index is -0.350. The van der Waals surface area contributed by atoms with E-state index in [4.69, 9.17) is 23.2 Å². The van der Waals surface area contributed by atoms with Crippen molar-refractivity contribution in [3.63, 3.8) is 0 Å².